The maximum atomic E-state index is 12.9. The van der Waals surface area contributed by atoms with E-state index in [1.54, 1.807) is 0 Å². The van der Waals surface area contributed by atoms with Gasteiger partial charge in [0.2, 0.25) is 0 Å². The van der Waals surface area contributed by atoms with Gasteiger partial charge >= 0.3 is 17.9 Å². The SMILES string of the molecule is CCCCCCCCCCCCCCCCCCCCCC(=O)OC=C(COC(=O)CCCCCCCCCCCCCCCCCCCCC)OC(=O)CCCCCCCCCCCCCCCCCCCCC. The predicted octanol–water partition coefficient (Wildman–Crippen LogP) is 23.9. The van der Waals surface area contributed by atoms with Crippen LogP contribution in [0.25, 0.3) is 0 Å². The van der Waals surface area contributed by atoms with Crippen molar-refractivity contribution >= 4 is 17.9 Å². The number of hydrogen-bond donors (Lipinski definition) is 0. The van der Waals surface area contributed by atoms with Gasteiger partial charge in [0.05, 0.1) is 0 Å². The first-order chi connectivity index (χ1) is 37.0. The lowest BCUT2D eigenvalue weighted by atomic mass is 10.0. The van der Waals surface area contributed by atoms with Gasteiger partial charge in [0, 0.05) is 19.3 Å². The van der Waals surface area contributed by atoms with Crippen molar-refractivity contribution in [2.24, 2.45) is 0 Å². The Morgan fingerprint density at radius 2 is 0.427 bits per heavy atom. The van der Waals surface area contributed by atoms with E-state index in [2.05, 4.69) is 20.8 Å². The van der Waals surface area contributed by atoms with Gasteiger partial charge in [-0.3, -0.25) is 14.4 Å². The zero-order chi connectivity index (χ0) is 54.3. The van der Waals surface area contributed by atoms with E-state index in [9.17, 15) is 14.4 Å². The first kappa shape index (κ1) is 73.2. The van der Waals surface area contributed by atoms with Gasteiger partial charge in [0.25, 0.3) is 0 Å². The van der Waals surface area contributed by atoms with Gasteiger partial charge in [-0.15, -0.1) is 0 Å². The van der Waals surface area contributed by atoms with Crippen molar-refractivity contribution in [3.05, 3.63) is 12.0 Å². The molecule has 0 saturated carbocycles. The molecule has 0 aromatic heterocycles. The number of unbranched alkanes of at least 4 members (excludes halogenated alkanes) is 54. The zero-order valence-corrected chi connectivity index (χ0v) is 51.2. The zero-order valence-electron chi connectivity index (χ0n) is 51.2. The van der Waals surface area contributed by atoms with Gasteiger partial charge in [0.15, 0.2) is 12.4 Å². The van der Waals surface area contributed by atoms with Crippen LogP contribution in [-0.4, -0.2) is 24.5 Å². The molecule has 0 N–H and O–H groups in total. The molecule has 0 rings (SSSR count). The summed E-state index contributed by atoms with van der Waals surface area (Å²) in [7, 11) is 0. The molecular formula is C69H132O6. The lowest BCUT2D eigenvalue weighted by molar-refractivity contribution is -0.148. The standard InChI is InChI=1S/C69H132O6/c1-4-7-10-13-16-19-22-25-28-31-34-37-40-43-46-49-52-55-58-61-67(70)73-64-66(75-69(72)63-60-57-54-51-48-45-42-39-36-33-30-27-24-21-18-15-12-9-6-3)65-74-68(71)62-59-56-53-50-47-44-41-38-35-32-29-26-23-20-17-14-11-8-5-2/h64H,4-63,65H2,1-3H3. The summed E-state index contributed by atoms with van der Waals surface area (Å²) in [6.45, 7) is 6.67. The van der Waals surface area contributed by atoms with Crippen LogP contribution < -0.4 is 0 Å². The molecule has 75 heavy (non-hydrogen) atoms. The summed E-state index contributed by atoms with van der Waals surface area (Å²) in [4.78, 5) is 38.3. The molecule has 0 atom stereocenters. The molecule has 0 aliphatic rings. The first-order valence-corrected chi connectivity index (χ1v) is 34.3. The van der Waals surface area contributed by atoms with Crippen molar-refractivity contribution < 1.29 is 28.6 Å². The highest BCUT2D eigenvalue weighted by Gasteiger charge is 2.13. The number of hydrogen-bond acceptors (Lipinski definition) is 6. The van der Waals surface area contributed by atoms with Crippen LogP contribution in [0.3, 0.4) is 0 Å². The molecule has 0 fully saturated rings. The highest BCUT2D eigenvalue weighted by molar-refractivity contribution is 5.72. The van der Waals surface area contributed by atoms with Gasteiger partial charge in [-0.2, -0.15) is 0 Å². The summed E-state index contributed by atoms with van der Waals surface area (Å²) in [6, 6.07) is 0. The molecule has 0 heterocycles. The Kier molecular flexibility index (Phi) is 63.1. The molecule has 0 unspecified atom stereocenters. The summed E-state index contributed by atoms with van der Waals surface area (Å²) >= 11 is 0. The van der Waals surface area contributed by atoms with E-state index < -0.39 is 0 Å². The van der Waals surface area contributed by atoms with Crippen molar-refractivity contribution in [2.45, 2.75) is 406 Å². The summed E-state index contributed by atoms with van der Waals surface area (Å²) in [5.41, 5.74) is 0. The van der Waals surface area contributed by atoms with Crippen molar-refractivity contribution in [2.75, 3.05) is 6.61 Å². The van der Waals surface area contributed by atoms with Gasteiger partial charge < -0.3 is 14.2 Å². The summed E-state index contributed by atoms with van der Waals surface area (Å²) in [5, 5.41) is 0. The molecule has 0 bridgehead atoms. The van der Waals surface area contributed by atoms with E-state index in [1.165, 1.54) is 314 Å². The van der Waals surface area contributed by atoms with Crippen molar-refractivity contribution in [3.63, 3.8) is 0 Å². The van der Waals surface area contributed by atoms with Crippen LogP contribution in [0.15, 0.2) is 12.0 Å². The molecule has 0 aromatic carbocycles. The third-order valence-corrected chi connectivity index (χ3v) is 15.9. The number of carbonyl (C=O) groups excluding carboxylic acids is 3. The predicted molar refractivity (Wildman–Crippen MR) is 325 cm³/mol. The summed E-state index contributed by atoms with van der Waals surface area (Å²) < 4.78 is 16.6. The molecule has 0 amide bonds. The molecule has 0 saturated heterocycles. The van der Waals surface area contributed by atoms with Crippen LogP contribution in [0.1, 0.15) is 406 Å². The Labute approximate surface area is 469 Å². The highest BCUT2D eigenvalue weighted by atomic mass is 16.6. The van der Waals surface area contributed by atoms with Crippen LogP contribution in [0.2, 0.25) is 0 Å². The van der Waals surface area contributed by atoms with Gasteiger partial charge in [0.1, 0.15) is 6.26 Å². The lowest BCUT2D eigenvalue weighted by Gasteiger charge is -2.10. The van der Waals surface area contributed by atoms with E-state index in [0.29, 0.717) is 19.3 Å². The molecular weight excluding hydrogens is 925 g/mol. The Bertz CT molecular complexity index is 1180. The van der Waals surface area contributed by atoms with Crippen LogP contribution in [-0.2, 0) is 28.6 Å². The van der Waals surface area contributed by atoms with Gasteiger partial charge in [-0.05, 0) is 19.3 Å². The van der Waals surface area contributed by atoms with Crippen molar-refractivity contribution in [1.82, 2.24) is 0 Å². The van der Waals surface area contributed by atoms with Gasteiger partial charge in [-0.25, -0.2) is 0 Å². The summed E-state index contributed by atoms with van der Waals surface area (Å²) in [5.74, 6) is -0.906. The smallest absolute Gasteiger partial charge is 0.311 e. The number of rotatable bonds is 64. The number of esters is 3. The van der Waals surface area contributed by atoms with Crippen LogP contribution >= 0.6 is 0 Å². The Balaban J connectivity index is 4.33. The topological polar surface area (TPSA) is 78.9 Å². The highest BCUT2D eigenvalue weighted by Crippen LogP contribution is 2.19. The molecule has 6 heteroatoms. The second-order valence-electron chi connectivity index (χ2n) is 23.6. The largest absolute Gasteiger partial charge is 0.457 e. The molecule has 0 radical (unpaired) electrons. The minimum absolute atomic E-state index is 0.0980. The minimum Gasteiger partial charge on any atom is -0.457 e. The Morgan fingerprint density at radius 1 is 0.240 bits per heavy atom. The second-order valence-corrected chi connectivity index (χ2v) is 23.6. The Morgan fingerprint density at radius 3 is 0.653 bits per heavy atom. The van der Waals surface area contributed by atoms with Crippen molar-refractivity contribution in [1.29, 1.82) is 0 Å². The number of carbonyl (C=O) groups is 3. The molecule has 0 aromatic rings. The van der Waals surface area contributed by atoms with E-state index in [0.717, 1.165) is 57.8 Å². The van der Waals surface area contributed by atoms with Crippen LogP contribution in [0.4, 0.5) is 0 Å². The fourth-order valence-corrected chi connectivity index (χ4v) is 10.7. The quantitative estimate of drug-likeness (QED) is 0.0261. The first-order valence-electron chi connectivity index (χ1n) is 34.3. The molecule has 0 aliphatic heterocycles. The average molecular weight is 1060 g/mol. The maximum absolute atomic E-state index is 12.9. The van der Waals surface area contributed by atoms with E-state index in [1.807, 2.05) is 0 Å². The van der Waals surface area contributed by atoms with Crippen LogP contribution in [0, 0.1) is 0 Å². The minimum atomic E-state index is -0.363. The monoisotopic (exact) mass is 1060 g/mol. The Hall–Kier alpha value is -1.85. The molecule has 444 valence electrons. The lowest BCUT2D eigenvalue weighted by Crippen LogP contribution is -2.13. The van der Waals surface area contributed by atoms with Gasteiger partial charge in [-0.1, -0.05) is 367 Å². The maximum Gasteiger partial charge on any atom is 0.311 e. The number of ether oxygens (including phenoxy) is 3. The normalized spacial score (nSPS) is 11.7. The third-order valence-electron chi connectivity index (χ3n) is 15.9. The summed E-state index contributed by atoms with van der Waals surface area (Å²) in [6.07, 6.45) is 76.9. The average Bonchev–Trinajstić information content (AvgIpc) is 3.41. The molecule has 0 aliphatic carbocycles. The van der Waals surface area contributed by atoms with Crippen LogP contribution in [0.5, 0.6) is 0 Å². The fourth-order valence-electron chi connectivity index (χ4n) is 10.7. The van der Waals surface area contributed by atoms with E-state index >= 15 is 0 Å². The molecule has 0 spiro atoms. The van der Waals surface area contributed by atoms with E-state index in [4.69, 9.17) is 14.2 Å². The fraction of sp³-hybridized carbons (Fsp3) is 0.928. The third kappa shape index (κ3) is 62.9. The van der Waals surface area contributed by atoms with Crippen molar-refractivity contribution in [3.8, 4) is 0 Å². The van der Waals surface area contributed by atoms with E-state index in [-0.39, 0.29) is 30.3 Å². The second kappa shape index (κ2) is 64.7. The molecule has 6 nitrogen and oxygen atoms in total.